The minimum absolute atomic E-state index is 0.105. The Kier molecular flexibility index (Phi) is 7.23. The minimum atomic E-state index is -5.25. The van der Waals surface area contributed by atoms with Crippen LogP contribution in [0.15, 0.2) is 33.2 Å². The van der Waals surface area contributed by atoms with Crippen LogP contribution >= 0.6 is 31.9 Å². The van der Waals surface area contributed by atoms with Gasteiger partial charge in [-0.05, 0) is 50.1 Å². The van der Waals surface area contributed by atoms with Crippen LogP contribution in [0.25, 0.3) is 0 Å². The summed E-state index contributed by atoms with van der Waals surface area (Å²) in [4.78, 5) is 19.6. The van der Waals surface area contributed by atoms with Gasteiger partial charge in [-0.15, -0.1) is 0 Å². The predicted molar refractivity (Wildman–Crippen MR) is 101 cm³/mol. The van der Waals surface area contributed by atoms with Crippen molar-refractivity contribution in [1.29, 1.82) is 0 Å². The monoisotopic (exact) mass is 599 g/mol. The Balaban J connectivity index is 2.59. The van der Waals surface area contributed by atoms with Crippen molar-refractivity contribution in [2.24, 2.45) is 0 Å². The molecule has 0 heterocycles. The van der Waals surface area contributed by atoms with Gasteiger partial charge in [0.25, 0.3) is 11.4 Å². The Morgan fingerprint density at radius 1 is 0.906 bits per heavy atom. The van der Waals surface area contributed by atoms with E-state index in [9.17, 15) is 51.0 Å². The molecular formula is C15H6Br2F7N3O5. The summed E-state index contributed by atoms with van der Waals surface area (Å²) in [6.45, 7) is 0. The second-order valence-corrected chi connectivity index (χ2v) is 7.46. The Morgan fingerprint density at radius 2 is 1.41 bits per heavy atom. The topological polar surface area (TPSA) is 108 Å². The fourth-order valence-electron chi connectivity index (χ4n) is 2.27. The van der Waals surface area contributed by atoms with E-state index in [-0.39, 0.29) is 26.8 Å². The summed E-state index contributed by atoms with van der Waals surface area (Å²) in [7, 11) is 0. The lowest BCUT2D eigenvalue weighted by Crippen LogP contribution is -2.33. The van der Waals surface area contributed by atoms with Crippen LogP contribution < -0.4 is 10.1 Å². The molecule has 0 bridgehead atoms. The number of nitrogens with zero attached hydrogens (tertiary/aromatic N) is 2. The number of benzene rings is 2. The summed E-state index contributed by atoms with van der Waals surface area (Å²) < 4.78 is 93.9. The highest BCUT2D eigenvalue weighted by molar-refractivity contribution is 9.11. The first-order valence-electron chi connectivity index (χ1n) is 7.69. The predicted octanol–water partition coefficient (Wildman–Crippen LogP) is 7.03. The first-order chi connectivity index (χ1) is 14.5. The van der Waals surface area contributed by atoms with Gasteiger partial charge in [0.2, 0.25) is 0 Å². The first-order valence-corrected chi connectivity index (χ1v) is 9.28. The largest absolute Gasteiger partial charge is 0.461 e. The van der Waals surface area contributed by atoms with Crippen LogP contribution in [0, 0.1) is 20.2 Å². The van der Waals surface area contributed by atoms with Gasteiger partial charge in [-0.2, -0.15) is 30.7 Å². The summed E-state index contributed by atoms with van der Waals surface area (Å²) in [6, 6.07) is 1.72. The van der Waals surface area contributed by atoms with E-state index in [2.05, 4.69) is 41.9 Å². The van der Waals surface area contributed by atoms with Crippen molar-refractivity contribution >= 4 is 54.6 Å². The zero-order valence-electron chi connectivity index (χ0n) is 14.7. The van der Waals surface area contributed by atoms with Gasteiger partial charge in [0.1, 0.15) is 17.0 Å². The van der Waals surface area contributed by atoms with E-state index in [1.807, 2.05) is 0 Å². The molecule has 0 aliphatic rings. The zero-order chi connectivity index (χ0) is 24.6. The van der Waals surface area contributed by atoms with Crippen molar-refractivity contribution in [2.45, 2.75) is 18.7 Å². The maximum Gasteiger partial charge on any atom is 0.461 e. The second kappa shape index (κ2) is 9.05. The smallest absolute Gasteiger partial charge is 0.428 e. The number of hydrogen-bond acceptors (Lipinski definition) is 6. The van der Waals surface area contributed by atoms with Crippen LogP contribution in [0.4, 0.5) is 53.5 Å². The molecule has 0 amide bonds. The van der Waals surface area contributed by atoms with Crippen LogP contribution in [0.1, 0.15) is 5.56 Å². The van der Waals surface area contributed by atoms with Gasteiger partial charge in [0.05, 0.1) is 21.6 Å². The SMILES string of the molecule is O=[N+]([O-])c1cc([N+](=O)[O-])c(C(F)(F)F)cc1Nc1c(Br)cc(OC(F)(F)C(F)F)cc1Br. The fraction of sp³-hybridized carbons (Fsp3) is 0.200. The Morgan fingerprint density at radius 3 is 1.81 bits per heavy atom. The van der Waals surface area contributed by atoms with Gasteiger partial charge >= 0.3 is 18.7 Å². The molecule has 0 atom stereocenters. The third-order valence-electron chi connectivity index (χ3n) is 3.60. The highest BCUT2D eigenvalue weighted by atomic mass is 79.9. The lowest BCUT2D eigenvalue weighted by molar-refractivity contribution is -0.395. The molecule has 174 valence electrons. The van der Waals surface area contributed by atoms with Crippen molar-refractivity contribution < 1.29 is 45.3 Å². The summed E-state index contributed by atoms with van der Waals surface area (Å²) in [5, 5.41) is 24.4. The van der Waals surface area contributed by atoms with Crippen molar-refractivity contribution in [1.82, 2.24) is 0 Å². The third-order valence-corrected chi connectivity index (χ3v) is 4.85. The molecule has 0 aromatic heterocycles. The molecule has 0 saturated carbocycles. The van der Waals surface area contributed by atoms with E-state index in [4.69, 9.17) is 0 Å². The summed E-state index contributed by atoms with van der Waals surface area (Å²) in [6.07, 6.45) is -14.3. The molecule has 0 aliphatic carbocycles. The number of alkyl halides is 7. The van der Waals surface area contributed by atoms with Crippen LogP contribution in [0.3, 0.4) is 0 Å². The average Bonchev–Trinajstić information content (AvgIpc) is 2.62. The molecule has 2 aromatic carbocycles. The minimum Gasteiger partial charge on any atom is -0.428 e. The maximum atomic E-state index is 13.2. The number of nitro benzene ring substituents is 2. The van der Waals surface area contributed by atoms with E-state index in [0.29, 0.717) is 0 Å². The number of nitrogens with one attached hydrogen (secondary N) is 1. The molecule has 0 radical (unpaired) electrons. The molecule has 0 spiro atoms. The van der Waals surface area contributed by atoms with Gasteiger partial charge in [-0.25, -0.2) is 0 Å². The molecule has 0 aliphatic heterocycles. The number of ether oxygens (including phenoxy) is 1. The van der Waals surface area contributed by atoms with E-state index >= 15 is 0 Å². The Bertz CT molecular complexity index is 1060. The second-order valence-electron chi connectivity index (χ2n) is 5.75. The molecular weight excluding hydrogens is 595 g/mol. The first kappa shape index (κ1) is 25.6. The molecule has 0 unspecified atom stereocenters. The lowest BCUT2D eigenvalue weighted by Gasteiger charge is -2.19. The maximum absolute atomic E-state index is 13.2. The van der Waals surface area contributed by atoms with Crippen LogP contribution in [-0.4, -0.2) is 22.4 Å². The standard InChI is InChI=1S/C15H6Br2F7N3O5/c16-7-1-5(32-15(23,24)13(18)19)2-8(17)12(7)25-9-3-6(14(20,21)22)10(26(28)29)4-11(9)27(30)31/h1-4,13,25H. The average molecular weight is 601 g/mol. The molecule has 8 nitrogen and oxygen atoms in total. The van der Waals surface area contributed by atoms with Crippen molar-refractivity contribution in [2.75, 3.05) is 5.32 Å². The highest BCUT2D eigenvalue weighted by Crippen LogP contribution is 2.45. The quantitative estimate of drug-likeness (QED) is 0.208. The van der Waals surface area contributed by atoms with E-state index in [0.717, 1.165) is 12.1 Å². The zero-order valence-corrected chi connectivity index (χ0v) is 17.9. The van der Waals surface area contributed by atoms with Gasteiger partial charge < -0.3 is 10.1 Å². The number of anilines is 2. The fourth-order valence-corrected chi connectivity index (χ4v) is 3.61. The van der Waals surface area contributed by atoms with Crippen molar-refractivity contribution in [3.05, 3.63) is 59.0 Å². The van der Waals surface area contributed by atoms with E-state index in [1.165, 1.54) is 0 Å². The van der Waals surface area contributed by atoms with Gasteiger partial charge in [0, 0.05) is 8.95 Å². The van der Waals surface area contributed by atoms with Crippen molar-refractivity contribution in [3.8, 4) is 5.75 Å². The molecule has 1 N–H and O–H groups in total. The molecule has 0 fully saturated rings. The van der Waals surface area contributed by atoms with Crippen LogP contribution in [0.5, 0.6) is 5.75 Å². The summed E-state index contributed by atoms with van der Waals surface area (Å²) in [5.74, 6) is -0.784. The molecule has 0 saturated heterocycles. The molecule has 2 aromatic rings. The van der Waals surface area contributed by atoms with E-state index in [1.54, 1.807) is 0 Å². The van der Waals surface area contributed by atoms with Gasteiger partial charge in [0.15, 0.2) is 0 Å². The van der Waals surface area contributed by atoms with Crippen LogP contribution in [-0.2, 0) is 6.18 Å². The summed E-state index contributed by atoms with van der Waals surface area (Å²) >= 11 is 5.70. The van der Waals surface area contributed by atoms with Crippen LogP contribution in [0.2, 0.25) is 0 Å². The number of halogens is 9. The molecule has 17 heteroatoms. The van der Waals surface area contributed by atoms with Gasteiger partial charge in [-0.1, -0.05) is 0 Å². The lowest BCUT2D eigenvalue weighted by atomic mass is 10.1. The molecule has 2 rings (SSSR count). The van der Waals surface area contributed by atoms with Gasteiger partial charge in [-0.3, -0.25) is 20.2 Å². The highest BCUT2D eigenvalue weighted by Gasteiger charge is 2.44. The number of hydrogen-bond donors (Lipinski definition) is 1. The normalized spacial score (nSPS) is 12.1. The number of rotatable bonds is 7. The third kappa shape index (κ3) is 5.56. The number of nitro groups is 2. The van der Waals surface area contributed by atoms with Crippen molar-refractivity contribution in [3.63, 3.8) is 0 Å². The summed E-state index contributed by atoms with van der Waals surface area (Å²) in [5.41, 5.74) is -5.55. The Labute approximate surface area is 188 Å². The molecule has 32 heavy (non-hydrogen) atoms. The Hall–Kier alpha value is -2.69. The van der Waals surface area contributed by atoms with E-state index < -0.39 is 56.9 Å².